The van der Waals surface area contributed by atoms with Crippen molar-refractivity contribution >= 4 is 17.7 Å². The zero-order chi connectivity index (χ0) is 19.3. The minimum absolute atomic E-state index is 0.184. The van der Waals surface area contributed by atoms with Gasteiger partial charge in [-0.2, -0.15) is 5.26 Å². The maximum atomic E-state index is 12.4. The van der Waals surface area contributed by atoms with Crippen LogP contribution < -0.4 is 0 Å². The molecule has 0 atom stereocenters. The number of aryl methyl sites for hydroxylation is 1. The number of rotatable bonds is 6. The van der Waals surface area contributed by atoms with E-state index in [2.05, 4.69) is 4.98 Å². The number of nitriles is 1. The van der Waals surface area contributed by atoms with Crippen LogP contribution in [0.2, 0.25) is 0 Å². The third kappa shape index (κ3) is 3.98. The van der Waals surface area contributed by atoms with Crippen molar-refractivity contribution in [2.24, 2.45) is 0 Å². The van der Waals surface area contributed by atoms with E-state index in [0.29, 0.717) is 22.4 Å². The minimum Gasteiger partial charge on any atom is -0.462 e. The van der Waals surface area contributed by atoms with E-state index in [-0.39, 0.29) is 17.9 Å². The lowest BCUT2D eigenvalue weighted by molar-refractivity contribution is 0.0472. The van der Waals surface area contributed by atoms with Crippen molar-refractivity contribution < 1.29 is 23.9 Å². The largest absolute Gasteiger partial charge is 0.462 e. The molecular formula is C19H18N2O5. The van der Waals surface area contributed by atoms with E-state index >= 15 is 0 Å². The lowest BCUT2D eigenvalue weighted by atomic mass is 10.1. The number of nitrogens with zero attached hydrogens (tertiary/aromatic N) is 1. The first-order valence-electron chi connectivity index (χ1n) is 7.95. The molecule has 7 heteroatoms. The summed E-state index contributed by atoms with van der Waals surface area (Å²) in [5.74, 6) is -1.68. The molecule has 0 spiro atoms. The van der Waals surface area contributed by atoms with Crippen LogP contribution in [0.4, 0.5) is 0 Å². The summed E-state index contributed by atoms with van der Waals surface area (Å²) in [6.07, 6.45) is 0. The Labute approximate surface area is 150 Å². The Morgan fingerprint density at radius 3 is 2.54 bits per heavy atom. The Morgan fingerprint density at radius 1 is 1.15 bits per heavy atom. The number of benzene rings is 1. The highest BCUT2D eigenvalue weighted by Crippen LogP contribution is 2.19. The number of carbonyl (C=O) groups excluding carboxylic acids is 3. The summed E-state index contributed by atoms with van der Waals surface area (Å²) in [4.78, 5) is 39.2. The van der Waals surface area contributed by atoms with Crippen molar-refractivity contribution in [1.29, 1.82) is 5.26 Å². The number of H-pyrrole nitrogens is 1. The SMILES string of the molecule is CCOC(=O)c1c(C)[nH]c(C(=O)COC(=O)c2cccc(C#N)c2)c1C. The number of ether oxygens (including phenoxy) is 2. The minimum atomic E-state index is -0.706. The van der Waals surface area contributed by atoms with Crippen LogP contribution in [0.1, 0.15) is 54.9 Å². The molecule has 0 bridgehead atoms. The average Bonchev–Trinajstić information content (AvgIpc) is 2.94. The average molecular weight is 354 g/mol. The topological polar surface area (TPSA) is 109 Å². The zero-order valence-electron chi connectivity index (χ0n) is 14.7. The van der Waals surface area contributed by atoms with Crippen molar-refractivity contribution in [2.75, 3.05) is 13.2 Å². The van der Waals surface area contributed by atoms with Crippen LogP contribution >= 0.6 is 0 Å². The van der Waals surface area contributed by atoms with E-state index in [9.17, 15) is 14.4 Å². The second-order valence-corrected chi connectivity index (χ2v) is 5.54. The van der Waals surface area contributed by atoms with Gasteiger partial charge in [-0.1, -0.05) is 6.07 Å². The third-order valence-corrected chi connectivity index (χ3v) is 3.76. The first kappa shape index (κ1) is 18.9. The summed E-state index contributed by atoms with van der Waals surface area (Å²) in [5, 5.41) is 8.85. The maximum absolute atomic E-state index is 12.4. The van der Waals surface area contributed by atoms with Gasteiger partial charge in [-0.3, -0.25) is 4.79 Å². The maximum Gasteiger partial charge on any atom is 0.340 e. The van der Waals surface area contributed by atoms with E-state index in [0.717, 1.165) is 0 Å². The number of nitrogens with one attached hydrogen (secondary N) is 1. The van der Waals surface area contributed by atoms with Gasteiger partial charge >= 0.3 is 11.9 Å². The molecule has 0 fully saturated rings. The molecule has 1 heterocycles. The lowest BCUT2D eigenvalue weighted by Gasteiger charge is -2.05. The first-order valence-corrected chi connectivity index (χ1v) is 7.95. The van der Waals surface area contributed by atoms with Crippen LogP contribution in [0.15, 0.2) is 24.3 Å². The fraction of sp³-hybridized carbons (Fsp3) is 0.263. The number of ketones is 1. The molecule has 0 aliphatic carbocycles. The molecule has 2 rings (SSSR count). The molecule has 1 aromatic heterocycles. The Hall–Kier alpha value is -3.40. The molecule has 0 aliphatic heterocycles. The van der Waals surface area contributed by atoms with Crippen molar-refractivity contribution in [3.05, 3.63) is 57.9 Å². The number of esters is 2. The fourth-order valence-corrected chi connectivity index (χ4v) is 2.54. The number of aromatic amines is 1. The van der Waals surface area contributed by atoms with Gasteiger partial charge in [0.2, 0.25) is 5.78 Å². The Balaban J connectivity index is 2.11. The molecule has 26 heavy (non-hydrogen) atoms. The van der Waals surface area contributed by atoms with Gasteiger partial charge in [-0.05, 0) is 44.5 Å². The van der Waals surface area contributed by atoms with Gasteiger partial charge in [0, 0.05) is 5.69 Å². The van der Waals surface area contributed by atoms with E-state index in [1.165, 1.54) is 12.1 Å². The van der Waals surface area contributed by atoms with Gasteiger partial charge < -0.3 is 14.5 Å². The van der Waals surface area contributed by atoms with Crippen LogP contribution in [0.5, 0.6) is 0 Å². The van der Waals surface area contributed by atoms with Crippen LogP contribution in [0, 0.1) is 25.2 Å². The molecule has 0 radical (unpaired) electrons. The first-order chi connectivity index (χ1) is 12.4. The predicted molar refractivity (Wildman–Crippen MR) is 92.0 cm³/mol. The van der Waals surface area contributed by atoms with E-state index in [4.69, 9.17) is 14.7 Å². The van der Waals surface area contributed by atoms with Crippen molar-refractivity contribution in [3.8, 4) is 6.07 Å². The smallest absolute Gasteiger partial charge is 0.340 e. The van der Waals surface area contributed by atoms with Gasteiger partial charge in [-0.15, -0.1) is 0 Å². The molecule has 134 valence electrons. The van der Waals surface area contributed by atoms with Crippen LogP contribution in [-0.4, -0.2) is 35.9 Å². The molecule has 7 nitrogen and oxygen atoms in total. The van der Waals surface area contributed by atoms with Gasteiger partial charge in [0.25, 0.3) is 0 Å². The van der Waals surface area contributed by atoms with Gasteiger partial charge in [0.15, 0.2) is 6.61 Å². The second-order valence-electron chi connectivity index (χ2n) is 5.54. The van der Waals surface area contributed by atoms with E-state index < -0.39 is 24.3 Å². The number of carbonyl (C=O) groups is 3. The monoisotopic (exact) mass is 354 g/mol. The number of Topliss-reactive ketones (excluding diaryl/α,β-unsaturated/α-hetero) is 1. The number of hydrogen-bond acceptors (Lipinski definition) is 6. The van der Waals surface area contributed by atoms with Gasteiger partial charge in [0.1, 0.15) is 0 Å². The van der Waals surface area contributed by atoms with Crippen molar-refractivity contribution in [2.45, 2.75) is 20.8 Å². The standard InChI is InChI=1S/C19H18N2O5/c1-4-25-19(24)16-11(2)17(21-12(16)3)15(22)10-26-18(23)14-7-5-6-13(8-14)9-20/h5-8,21H,4,10H2,1-3H3. The second kappa shape index (κ2) is 8.12. The predicted octanol–water partition coefficient (Wildman–Crippen LogP) is 2.72. The number of aromatic nitrogens is 1. The normalized spacial score (nSPS) is 10.1. The lowest BCUT2D eigenvalue weighted by Crippen LogP contribution is -2.15. The fourth-order valence-electron chi connectivity index (χ4n) is 2.54. The molecule has 2 aromatic rings. The molecule has 0 unspecified atom stereocenters. The highest BCUT2D eigenvalue weighted by molar-refractivity contribution is 6.03. The quantitative estimate of drug-likeness (QED) is 0.631. The summed E-state index contributed by atoms with van der Waals surface area (Å²) in [6, 6.07) is 7.92. The molecule has 0 saturated heterocycles. The Kier molecular flexibility index (Phi) is 5.91. The molecular weight excluding hydrogens is 336 g/mol. The summed E-state index contributed by atoms with van der Waals surface area (Å²) < 4.78 is 10.0. The molecule has 0 saturated carbocycles. The molecule has 0 amide bonds. The zero-order valence-corrected chi connectivity index (χ0v) is 14.7. The van der Waals surface area contributed by atoms with Crippen LogP contribution in [0.3, 0.4) is 0 Å². The van der Waals surface area contributed by atoms with E-state index in [1.54, 1.807) is 32.9 Å². The van der Waals surface area contributed by atoms with Crippen molar-refractivity contribution in [3.63, 3.8) is 0 Å². The molecule has 0 aliphatic rings. The highest BCUT2D eigenvalue weighted by Gasteiger charge is 2.23. The highest BCUT2D eigenvalue weighted by atomic mass is 16.5. The van der Waals surface area contributed by atoms with Crippen LogP contribution in [-0.2, 0) is 9.47 Å². The van der Waals surface area contributed by atoms with Gasteiger partial charge in [-0.25, -0.2) is 9.59 Å². The third-order valence-electron chi connectivity index (χ3n) is 3.76. The van der Waals surface area contributed by atoms with Crippen LogP contribution in [0.25, 0.3) is 0 Å². The molecule has 1 aromatic carbocycles. The van der Waals surface area contributed by atoms with E-state index in [1.807, 2.05) is 6.07 Å². The summed E-state index contributed by atoms with van der Waals surface area (Å²) in [7, 11) is 0. The van der Waals surface area contributed by atoms with Crippen molar-refractivity contribution in [1.82, 2.24) is 4.98 Å². The Bertz CT molecular complexity index is 905. The summed E-state index contributed by atoms with van der Waals surface area (Å²) in [6.45, 7) is 4.73. The molecule has 1 N–H and O–H groups in total. The Morgan fingerprint density at radius 2 is 1.88 bits per heavy atom. The summed E-state index contributed by atoms with van der Waals surface area (Å²) >= 11 is 0. The summed E-state index contributed by atoms with van der Waals surface area (Å²) in [5.41, 5.74) is 1.97. The number of hydrogen-bond donors (Lipinski definition) is 1. The van der Waals surface area contributed by atoms with Gasteiger partial charge in [0.05, 0.1) is 35.1 Å².